The number of ether oxygens (including phenoxy) is 1. The van der Waals surface area contributed by atoms with Crippen molar-refractivity contribution >= 4 is 0 Å². The van der Waals surface area contributed by atoms with E-state index in [0.29, 0.717) is 0 Å². The first-order chi connectivity index (χ1) is 4.99. The Morgan fingerprint density at radius 1 is 1.27 bits per heavy atom. The van der Waals surface area contributed by atoms with Crippen molar-refractivity contribution in [2.45, 2.75) is 26.4 Å². The highest BCUT2D eigenvalue weighted by atomic mass is 16.5. The molecule has 0 aliphatic carbocycles. The average molecular weight is 150 g/mol. The molecule has 11 heavy (non-hydrogen) atoms. The van der Waals surface area contributed by atoms with Gasteiger partial charge in [0.15, 0.2) is 5.57 Å². The van der Waals surface area contributed by atoms with Gasteiger partial charge in [-0.15, -0.1) is 0 Å². The smallest absolute Gasteiger partial charge is 0.164 e. The number of hydrogen-bond donors (Lipinski definition) is 0. The molecule has 0 aliphatic rings. The van der Waals surface area contributed by atoms with Crippen LogP contribution in [0, 0.1) is 22.7 Å². The molecule has 0 saturated heterocycles. The van der Waals surface area contributed by atoms with E-state index in [-0.39, 0.29) is 11.2 Å². The Kier molecular flexibility index (Phi) is 3.14. The van der Waals surface area contributed by atoms with Gasteiger partial charge in [0.05, 0.1) is 5.60 Å². The lowest BCUT2D eigenvalue weighted by molar-refractivity contribution is 0.0760. The van der Waals surface area contributed by atoms with Gasteiger partial charge < -0.3 is 4.74 Å². The van der Waals surface area contributed by atoms with Crippen LogP contribution in [0.4, 0.5) is 0 Å². The second-order valence-corrected chi connectivity index (χ2v) is 2.99. The molecule has 0 N–H and O–H groups in total. The zero-order valence-electron chi connectivity index (χ0n) is 6.88. The first-order valence-corrected chi connectivity index (χ1v) is 3.18. The molecule has 0 amide bonds. The van der Waals surface area contributed by atoms with E-state index in [1.807, 2.05) is 20.8 Å². The van der Waals surface area contributed by atoms with Crippen LogP contribution in [0.2, 0.25) is 0 Å². The average Bonchev–Trinajstić information content (AvgIpc) is 1.88. The molecule has 0 aliphatic heterocycles. The predicted molar refractivity (Wildman–Crippen MR) is 40.1 cm³/mol. The molecule has 0 aromatic heterocycles. The molecular weight excluding hydrogens is 140 g/mol. The third kappa shape index (κ3) is 4.99. The topological polar surface area (TPSA) is 56.8 Å². The van der Waals surface area contributed by atoms with Crippen LogP contribution in [0.3, 0.4) is 0 Å². The summed E-state index contributed by atoms with van der Waals surface area (Å²) >= 11 is 0. The summed E-state index contributed by atoms with van der Waals surface area (Å²) in [5, 5.41) is 16.6. The molecule has 0 saturated carbocycles. The van der Waals surface area contributed by atoms with Crippen molar-refractivity contribution in [2.24, 2.45) is 0 Å². The molecular formula is C8H10N2O. The van der Waals surface area contributed by atoms with Gasteiger partial charge >= 0.3 is 0 Å². The molecule has 3 nitrogen and oxygen atoms in total. The quantitative estimate of drug-likeness (QED) is 0.422. The zero-order chi connectivity index (χ0) is 8.91. The second-order valence-electron chi connectivity index (χ2n) is 2.99. The maximum absolute atomic E-state index is 8.30. The van der Waals surface area contributed by atoms with Crippen LogP contribution >= 0.6 is 0 Å². The molecule has 0 radical (unpaired) electrons. The fourth-order valence-corrected chi connectivity index (χ4v) is 0.313. The fraction of sp³-hybridized carbons (Fsp3) is 0.500. The standard InChI is InChI=1S/C8H10N2O/c1-8(2,3)11-6-7(4-9)5-10/h6H,1-3H3. The second kappa shape index (κ2) is 3.63. The van der Waals surface area contributed by atoms with Crippen molar-refractivity contribution in [3.8, 4) is 12.1 Å². The predicted octanol–water partition coefficient (Wildman–Crippen LogP) is 1.73. The van der Waals surface area contributed by atoms with Gasteiger partial charge in [-0.3, -0.25) is 0 Å². The molecule has 58 valence electrons. The molecule has 0 rings (SSSR count). The summed E-state index contributed by atoms with van der Waals surface area (Å²) in [7, 11) is 0. The third-order valence-corrected chi connectivity index (χ3v) is 0.771. The molecule has 0 unspecified atom stereocenters. The van der Waals surface area contributed by atoms with Gasteiger partial charge in [0.1, 0.15) is 18.4 Å². The Bertz CT molecular complexity index is 218. The molecule has 0 aromatic carbocycles. The highest BCUT2D eigenvalue weighted by Crippen LogP contribution is 2.08. The van der Waals surface area contributed by atoms with E-state index < -0.39 is 0 Å². The summed E-state index contributed by atoms with van der Waals surface area (Å²) in [5.41, 5.74) is -0.362. The van der Waals surface area contributed by atoms with Crippen LogP contribution in [0.15, 0.2) is 11.8 Å². The SMILES string of the molecule is CC(C)(C)OC=C(C#N)C#N. The molecule has 0 spiro atoms. The Labute approximate surface area is 66.5 Å². The first-order valence-electron chi connectivity index (χ1n) is 3.18. The van der Waals surface area contributed by atoms with Crippen LogP contribution in [-0.2, 0) is 4.74 Å². The highest BCUT2D eigenvalue weighted by molar-refractivity contribution is 5.33. The van der Waals surface area contributed by atoms with Crippen molar-refractivity contribution in [3.63, 3.8) is 0 Å². The lowest BCUT2D eigenvalue weighted by atomic mass is 10.2. The minimum atomic E-state index is -0.348. The van der Waals surface area contributed by atoms with Crippen LogP contribution < -0.4 is 0 Å². The van der Waals surface area contributed by atoms with Gasteiger partial charge in [-0.2, -0.15) is 10.5 Å². The Balaban J connectivity index is 4.17. The highest BCUT2D eigenvalue weighted by Gasteiger charge is 2.08. The maximum Gasteiger partial charge on any atom is 0.164 e. The van der Waals surface area contributed by atoms with Crippen molar-refractivity contribution in [2.75, 3.05) is 0 Å². The number of hydrogen-bond acceptors (Lipinski definition) is 3. The van der Waals surface area contributed by atoms with Crippen molar-refractivity contribution in [1.29, 1.82) is 10.5 Å². The first kappa shape index (κ1) is 9.52. The monoisotopic (exact) mass is 150 g/mol. The van der Waals surface area contributed by atoms with Crippen molar-refractivity contribution in [3.05, 3.63) is 11.8 Å². The van der Waals surface area contributed by atoms with Gasteiger partial charge in [0.2, 0.25) is 0 Å². The summed E-state index contributed by atoms with van der Waals surface area (Å²) in [6.45, 7) is 5.53. The van der Waals surface area contributed by atoms with Crippen LogP contribution in [0.25, 0.3) is 0 Å². The third-order valence-electron chi connectivity index (χ3n) is 0.771. The number of allylic oxidation sites excluding steroid dienone is 1. The van der Waals surface area contributed by atoms with E-state index in [2.05, 4.69) is 0 Å². The summed E-state index contributed by atoms with van der Waals surface area (Å²) in [6.07, 6.45) is 1.18. The van der Waals surface area contributed by atoms with Crippen molar-refractivity contribution < 1.29 is 4.74 Å². The Hall–Kier alpha value is -1.48. The van der Waals surface area contributed by atoms with E-state index in [4.69, 9.17) is 15.3 Å². The molecule has 0 heterocycles. The molecule has 0 atom stereocenters. The van der Waals surface area contributed by atoms with Gasteiger partial charge in [-0.1, -0.05) is 0 Å². The normalized spacial score (nSPS) is 9.18. The minimum Gasteiger partial charge on any atom is -0.494 e. The van der Waals surface area contributed by atoms with E-state index in [0.717, 1.165) is 0 Å². The van der Waals surface area contributed by atoms with E-state index >= 15 is 0 Å². The molecule has 0 aromatic rings. The summed E-state index contributed by atoms with van der Waals surface area (Å²) in [5.74, 6) is 0. The molecule has 3 heteroatoms. The summed E-state index contributed by atoms with van der Waals surface area (Å²) in [6, 6.07) is 3.40. The van der Waals surface area contributed by atoms with Gasteiger partial charge in [-0.25, -0.2) is 0 Å². The van der Waals surface area contributed by atoms with Gasteiger partial charge in [0, 0.05) is 0 Å². The Morgan fingerprint density at radius 2 is 1.73 bits per heavy atom. The summed E-state index contributed by atoms with van der Waals surface area (Å²) in [4.78, 5) is 0. The van der Waals surface area contributed by atoms with Gasteiger partial charge in [-0.05, 0) is 20.8 Å². The van der Waals surface area contributed by atoms with E-state index in [1.165, 1.54) is 6.26 Å². The van der Waals surface area contributed by atoms with Crippen molar-refractivity contribution in [1.82, 2.24) is 0 Å². The number of rotatable bonds is 1. The lowest BCUT2D eigenvalue weighted by Gasteiger charge is -2.17. The maximum atomic E-state index is 8.30. The number of nitrogens with zero attached hydrogens (tertiary/aromatic N) is 2. The van der Waals surface area contributed by atoms with E-state index in [1.54, 1.807) is 12.1 Å². The van der Waals surface area contributed by atoms with Crippen LogP contribution in [0.1, 0.15) is 20.8 Å². The zero-order valence-corrected chi connectivity index (χ0v) is 6.88. The van der Waals surface area contributed by atoms with Crippen LogP contribution in [0.5, 0.6) is 0 Å². The van der Waals surface area contributed by atoms with Gasteiger partial charge in [0.25, 0.3) is 0 Å². The largest absolute Gasteiger partial charge is 0.494 e. The Morgan fingerprint density at radius 3 is 2.00 bits per heavy atom. The van der Waals surface area contributed by atoms with E-state index in [9.17, 15) is 0 Å². The minimum absolute atomic E-state index is 0.0140. The fourth-order valence-electron chi connectivity index (χ4n) is 0.313. The number of nitriles is 2. The van der Waals surface area contributed by atoms with Crippen LogP contribution in [-0.4, -0.2) is 5.60 Å². The lowest BCUT2D eigenvalue weighted by Crippen LogP contribution is -2.15. The molecule has 0 fully saturated rings. The molecule has 0 bridgehead atoms. The summed E-state index contributed by atoms with van der Waals surface area (Å²) < 4.78 is 5.07.